The lowest BCUT2D eigenvalue weighted by atomic mass is 10.2. The molecule has 1 N–H and O–H groups in total. The number of aromatic nitrogens is 3. The van der Waals surface area contributed by atoms with E-state index < -0.39 is 0 Å². The lowest BCUT2D eigenvalue weighted by Gasteiger charge is -2.08. The predicted molar refractivity (Wildman–Crippen MR) is 97.6 cm³/mol. The summed E-state index contributed by atoms with van der Waals surface area (Å²) in [5.74, 6) is 1.13. The molecule has 3 aromatic rings. The maximum atomic E-state index is 13.0. The number of ether oxygens (including phenoxy) is 1. The van der Waals surface area contributed by atoms with E-state index in [2.05, 4.69) is 15.2 Å². The van der Waals surface area contributed by atoms with E-state index >= 15 is 0 Å². The van der Waals surface area contributed by atoms with Crippen LogP contribution in [0.15, 0.2) is 47.6 Å². The smallest absolute Gasteiger partial charge is 0.209 e. The van der Waals surface area contributed by atoms with Crippen LogP contribution >= 0.6 is 23.4 Å². The zero-order valence-corrected chi connectivity index (χ0v) is 15.4. The molecule has 130 valence electrons. The summed E-state index contributed by atoms with van der Waals surface area (Å²) >= 11 is 7.50. The van der Waals surface area contributed by atoms with Crippen molar-refractivity contribution in [3.05, 3.63) is 70.3 Å². The van der Waals surface area contributed by atoms with Gasteiger partial charge in [0.15, 0.2) is 5.82 Å². The summed E-state index contributed by atoms with van der Waals surface area (Å²) in [4.78, 5) is 4.42. The number of H-pyrrole nitrogens is 1. The van der Waals surface area contributed by atoms with E-state index in [4.69, 9.17) is 16.3 Å². The Labute approximate surface area is 154 Å². The monoisotopic (exact) mass is 377 g/mol. The Morgan fingerprint density at radius 1 is 1.24 bits per heavy atom. The van der Waals surface area contributed by atoms with Gasteiger partial charge in [-0.2, -0.15) is 0 Å². The van der Waals surface area contributed by atoms with Gasteiger partial charge in [-0.1, -0.05) is 35.5 Å². The molecule has 1 heterocycles. The highest BCUT2D eigenvalue weighted by molar-refractivity contribution is 7.99. The third-order valence-electron chi connectivity index (χ3n) is 3.64. The second-order valence-electron chi connectivity index (χ2n) is 5.58. The van der Waals surface area contributed by atoms with Crippen molar-refractivity contribution in [3.63, 3.8) is 0 Å². The molecule has 0 bridgehead atoms. The first-order valence-electron chi connectivity index (χ1n) is 7.73. The Hall–Kier alpha value is -2.05. The fraction of sp³-hybridized carbons (Fsp3) is 0.222. The number of rotatable bonds is 6. The number of halogens is 2. The molecule has 0 amide bonds. The van der Waals surface area contributed by atoms with Crippen LogP contribution in [0.4, 0.5) is 4.39 Å². The molecule has 0 saturated carbocycles. The molecule has 0 radical (unpaired) electrons. The van der Waals surface area contributed by atoms with Gasteiger partial charge in [0.25, 0.3) is 0 Å². The largest absolute Gasteiger partial charge is 0.486 e. The van der Waals surface area contributed by atoms with E-state index in [1.165, 1.54) is 23.9 Å². The maximum absolute atomic E-state index is 13.0. The van der Waals surface area contributed by atoms with Crippen LogP contribution in [0.3, 0.4) is 0 Å². The summed E-state index contributed by atoms with van der Waals surface area (Å²) in [6, 6.07) is 12.0. The minimum absolute atomic E-state index is 0.115. The van der Waals surface area contributed by atoms with Crippen molar-refractivity contribution in [1.29, 1.82) is 0 Å². The van der Waals surface area contributed by atoms with Gasteiger partial charge < -0.3 is 4.74 Å². The van der Waals surface area contributed by atoms with Crippen molar-refractivity contribution < 1.29 is 9.13 Å². The molecule has 1 aromatic heterocycles. The Bertz CT molecular complexity index is 854. The van der Waals surface area contributed by atoms with E-state index in [9.17, 15) is 4.39 Å². The maximum Gasteiger partial charge on any atom is 0.209 e. The van der Waals surface area contributed by atoms with Crippen LogP contribution in [0, 0.1) is 12.7 Å². The lowest BCUT2D eigenvalue weighted by Crippen LogP contribution is -1.98. The summed E-state index contributed by atoms with van der Waals surface area (Å²) < 4.78 is 18.7. The van der Waals surface area contributed by atoms with Crippen molar-refractivity contribution in [2.75, 3.05) is 0 Å². The first kappa shape index (κ1) is 17.8. The molecule has 0 unspecified atom stereocenters. The quantitative estimate of drug-likeness (QED) is 0.589. The third kappa shape index (κ3) is 4.74. The molecule has 0 saturated heterocycles. The zero-order chi connectivity index (χ0) is 17.8. The van der Waals surface area contributed by atoms with E-state index in [0.29, 0.717) is 22.6 Å². The van der Waals surface area contributed by atoms with Crippen LogP contribution in [-0.2, 0) is 6.61 Å². The molecule has 4 nitrogen and oxygen atoms in total. The number of thioether (sulfide) groups is 1. The second-order valence-corrected chi connectivity index (χ2v) is 7.29. The van der Waals surface area contributed by atoms with Crippen LogP contribution in [0.1, 0.15) is 29.1 Å². The summed E-state index contributed by atoms with van der Waals surface area (Å²) in [5.41, 5.74) is 1.98. The normalized spacial score (nSPS) is 12.2. The molecule has 3 rings (SSSR count). The predicted octanol–water partition coefficient (Wildman–Crippen LogP) is 5.34. The molecule has 0 fully saturated rings. The van der Waals surface area contributed by atoms with Gasteiger partial charge in [0.05, 0.1) is 0 Å². The molecule has 0 aliphatic rings. The standard InChI is InChI=1S/C18H17ClFN3OS/c1-11-9-15(7-8-16(11)19)24-10-17-21-18(23-22-17)25-12(2)13-3-5-14(20)6-4-13/h3-9,12H,10H2,1-2H3,(H,21,22,23)/t12-/m0/s1. The number of hydrogen-bond donors (Lipinski definition) is 1. The molecule has 25 heavy (non-hydrogen) atoms. The second kappa shape index (κ2) is 7.89. The van der Waals surface area contributed by atoms with E-state index in [0.717, 1.165) is 16.9 Å². The van der Waals surface area contributed by atoms with Gasteiger partial charge in [-0.05, 0) is 55.3 Å². The fourth-order valence-electron chi connectivity index (χ4n) is 2.21. The fourth-order valence-corrected chi connectivity index (χ4v) is 3.20. The minimum atomic E-state index is -0.240. The van der Waals surface area contributed by atoms with Crippen molar-refractivity contribution in [2.24, 2.45) is 0 Å². The number of benzene rings is 2. The number of aryl methyl sites for hydroxylation is 1. The van der Waals surface area contributed by atoms with Crippen LogP contribution in [-0.4, -0.2) is 15.2 Å². The third-order valence-corrected chi connectivity index (χ3v) is 5.08. The first-order chi connectivity index (χ1) is 12.0. The van der Waals surface area contributed by atoms with Crippen LogP contribution in [0.5, 0.6) is 5.75 Å². The van der Waals surface area contributed by atoms with Gasteiger partial charge in [0, 0.05) is 10.3 Å². The van der Waals surface area contributed by atoms with Gasteiger partial charge in [-0.25, -0.2) is 9.37 Å². The van der Waals surface area contributed by atoms with Crippen LogP contribution in [0.2, 0.25) is 5.02 Å². The summed E-state index contributed by atoms with van der Waals surface area (Å²) in [6.07, 6.45) is 0. The van der Waals surface area contributed by atoms with Gasteiger partial charge in [-0.3, -0.25) is 5.10 Å². The molecule has 0 aliphatic carbocycles. The number of aromatic amines is 1. The Kier molecular flexibility index (Phi) is 5.60. The average Bonchev–Trinajstić information content (AvgIpc) is 3.04. The van der Waals surface area contributed by atoms with Crippen molar-refractivity contribution >= 4 is 23.4 Å². The Balaban J connectivity index is 1.58. The van der Waals surface area contributed by atoms with Crippen molar-refractivity contribution in [1.82, 2.24) is 15.2 Å². The highest BCUT2D eigenvalue weighted by Gasteiger charge is 2.12. The summed E-state index contributed by atoms with van der Waals surface area (Å²) in [5, 5.41) is 8.52. The van der Waals surface area contributed by atoms with Crippen molar-refractivity contribution in [2.45, 2.75) is 30.9 Å². The molecule has 0 spiro atoms. The topological polar surface area (TPSA) is 50.8 Å². The van der Waals surface area contributed by atoms with E-state index in [1.54, 1.807) is 18.2 Å². The Morgan fingerprint density at radius 3 is 2.72 bits per heavy atom. The molecule has 2 aromatic carbocycles. The van der Waals surface area contributed by atoms with E-state index in [1.807, 2.05) is 26.0 Å². The molecule has 0 aliphatic heterocycles. The lowest BCUT2D eigenvalue weighted by molar-refractivity contribution is 0.296. The number of nitrogens with one attached hydrogen (secondary N) is 1. The van der Waals surface area contributed by atoms with Gasteiger partial charge >= 0.3 is 0 Å². The van der Waals surface area contributed by atoms with Gasteiger partial charge in [-0.15, -0.1) is 5.10 Å². The molecular formula is C18H17ClFN3OS. The van der Waals surface area contributed by atoms with Crippen LogP contribution in [0.25, 0.3) is 0 Å². The average molecular weight is 378 g/mol. The highest BCUT2D eigenvalue weighted by Crippen LogP contribution is 2.32. The number of nitrogens with zero attached hydrogens (tertiary/aromatic N) is 2. The first-order valence-corrected chi connectivity index (χ1v) is 8.99. The molecule has 7 heteroatoms. The van der Waals surface area contributed by atoms with E-state index in [-0.39, 0.29) is 11.1 Å². The van der Waals surface area contributed by atoms with Gasteiger partial charge in [0.1, 0.15) is 18.2 Å². The highest BCUT2D eigenvalue weighted by atomic mass is 35.5. The molecular weight excluding hydrogens is 361 g/mol. The summed E-state index contributed by atoms with van der Waals surface area (Å²) in [6.45, 7) is 4.25. The SMILES string of the molecule is Cc1cc(OCc2nc(S[C@@H](C)c3ccc(F)cc3)n[nH]2)ccc1Cl. The van der Waals surface area contributed by atoms with Crippen LogP contribution < -0.4 is 4.74 Å². The van der Waals surface area contributed by atoms with Crippen molar-refractivity contribution in [3.8, 4) is 5.75 Å². The van der Waals surface area contributed by atoms with Gasteiger partial charge in [0.2, 0.25) is 5.16 Å². The molecule has 1 atom stereocenters. The number of hydrogen-bond acceptors (Lipinski definition) is 4. The minimum Gasteiger partial charge on any atom is -0.486 e. The Morgan fingerprint density at radius 2 is 2.00 bits per heavy atom. The zero-order valence-electron chi connectivity index (χ0n) is 13.8. The summed E-state index contributed by atoms with van der Waals surface area (Å²) in [7, 11) is 0.